The summed E-state index contributed by atoms with van der Waals surface area (Å²) < 4.78 is 0. The van der Waals surface area contributed by atoms with Crippen LogP contribution >= 0.6 is 0 Å². The smallest absolute Gasteiger partial charge is 0.248 e. The van der Waals surface area contributed by atoms with Crippen molar-refractivity contribution in [3.05, 3.63) is 119 Å². The van der Waals surface area contributed by atoms with Crippen LogP contribution in [0.5, 0.6) is 0 Å². The Morgan fingerprint density at radius 3 is 1.34 bits per heavy atom. The van der Waals surface area contributed by atoms with Gasteiger partial charge in [0.2, 0.25) is 23.6 Å². The van der Waals surface area contributed by atoms with Crippen molar-refractivity contribution in [1.82, 2.24) is 0 Å². The summed E-state index contributed by atoms with van der Waals surface area (Å²) in [6, 6.07) is 23.4. The van der Waals surface area contributed by atoms with Crippen LogP contribution < -0.4 is 22.1 Å². The number of primary amides is 2. The van der Waals surface area contributed by atoms with E-state index in [0.29, 0.717) is 11.4 Å². The van der Waals surface area contributed by atoms with E-state index in [1.165, 1.54) is 5.56 Å². The average Bonchev–Trinajstić information content (AvgIpc) is 2.89. The van der Waals surface area contributed by atoms with Crippen LogP contribution in [0.3, 0.4) is 0 Å². The fourth-order valence-electron chi connectivity index (χ4n) is 3.94. The fraction of sp³-hybridized carbons (Fsp3) is 0.133. The van der Waals surface area contributed by atoms with Crippen molar-refractivity contribution in [1.29, 1.82) is 0 Å². The molecule has 6 N–H and O–H groups in total. The van der Waals surface area contributed by atoms with Crippen molar-refractivity contribution in [2.24, 2.45) is 11.5 Å². The number of aryl methyl sites for hydroxylation is 1. The van der Waals surface area contributed by atoms with E-state index in [9.17, 15) is 19.2 Å². The van der Waals surface area contributed by atoms with E-state index in [1.807, 2.05) is 24.3 Å². The van der Waals surface area contributed by atoms with Gasteiger partial charge < -0.3 is 22.1 Å². The number of carbonyl (C=O) groups is 4. The second-order valence-electron chi connectivity index (χ2n) is 8.62. The van der Waals surface area contributed by atoms with Crippen molar-refractivity contribution in [3.63, 3.8) is 0 Å². The highest BCUT2D eigenvalue weighted by Crippen LogP contribution is 2.33. The molecule has 3 aromatic carbocycles. The Labute approximate surface area is 221 Å². The Hall–Kier alpha value is -4.98. The number of hydrogen-bond acceptors (Lipinski definition) is 4. The van der Waals surface area contributed by atoms with E-state index in [2.05, 4.69) is 41.8 Å². The summed E-state index contributed by atoms with van der Waals surface area (Å²) in [4.78, 5) is 45.7. The number of nitrogens with two attached hydrogens (primary N) is 2. The number of rotatable bonds is 11. The molecule has 0 saturated heterocycles. The Kier molecular flexibility index (Phi) is 9.71. The van der Waals surface area contributed by atoms with Gasteiger partial charge >= 0.3 is 0 Å². The van der Waals surface area contributed by atoms with Gasteiger partial charge in [0, 0.05) is 41.6 Å². The summed E-state index contributed by atoms with van der Waals surface area (Å²) in [5.41, 5.74) is 15.6. The lowest BCUT2D eigenvalue weighted by Crippen LogP contribution is -2.12. The van der Waals surface area contributed by atoms with Gasteiger partial charge in [0.1, 0.15) is 0 Å². The van der Waals surface area contributed by atoms with Crippen LogP contribution in [0.2, 0.25) is 0 Å². The fourth-order valence-corrected chi connectivity index (χ4v) is 3.94. The zero-order valence-electron chi connectivity index (χ0n) is 21.0. The first-order chi connectivity index (χ1) is 18.2. The molecule has 0 aliphatic heterocycles. The first-order valence-electron chi connectivity index (χ1n) is 12.1. The quantitative estimate of drug-likeness (QED) is 0.230. The summed E-state index contributed by atoms with van der Waals surface area (Å²) in [6.07, 6.45) is 6.24. The van der Waals surface area contributed by atoms with E-state index in [4.69, 9.17) is 11.5 Å². The summed E-state index contributed by atoms with van der Waals surface area (Å²) in [6.45, 7) is 2.14. The minimum atomic E-state index is -0.698. The van der Waals surface area contributed by atoms with Crippen LogP contribution in [0.25, 0.3) is 0 Å². The standard InChI is InChI=1S/C30H30N4O4/c1-2-3-20-4-6-21(7-5-20)30(22-8-12-24(13-9-22)33-28(37)18-16-26(31)35)23-10-14-25(15-11-23)34-29(38)19-17-27(32)36/h4-19,30H,2-3H2,1H3,(H2,31,35)(H2,32,36)(H,33,37)(H,34,38)/b18-16+,19-17+. The average molecular weight is 511 g/mol. The predicted molar refractivity (Wildman–Crippen MR) is 148 cm³/mol. The molecule has 0 heterocycles. The molecule has 8 heteroatoms. The second-order valence-corrected chi connectivity index (χ2v) is 8.62. The van der Waals surface area contributed by atoms with Gasteiger partial charge in [0.25, 0.3) is 0 Å². The zero-order valence-corrected chi connectivity index (χ0v) is 21.0. The van der Waals surface area contributed by atoms with E-state index >= 15 is 0 Å². The van der Waals surface area contributed by atoms with Gasteiger partial charge in [0.15, 0.2) is 0 Å². The summed E-state index contributed by atoms with van der Waals surface area (Å²) in [7, 11) is 0. The minimum Gasteiger partial charge on any atom is -0.366 e. The molecule has 0 atom stereocenters. The summed E-state index contributed by atoms with van der Waals surface area (Å²) >= 11 is 0. The molecule has 3 rings (SSSR count). The lowest BCUT2D eigenvalue weighted by molar-refractivity contribution is -0.115. The molecule has 3 aromatic rings. The Morgan fingerprint density at radius 1 is 0.632 bits per heavy atom. The Morgan fingerprint density at radius 2 is 1.00 bits per heavy atom. The van der Waals surface area contributed by atoms with Crippen molar-refractivity contribution in [2.75, 3.05) is 10.6 Å². The van der Waals surface area contributed by atoms with Gasteiger partial charge in [-0.15, -0.1) is 0 Å². The molecule has 0 unspecified atom stereocenters. The van der Waals surface area contributed by atoms with E-state index in [0.717, 1.165) is 53.8 Å². The van der Waals surface area contributed by atoms with Crippen molar-refractivity contribution in [3.8, 4) is 0 Å². The van der Waals surface area contributed by atoms with Crippen molar-refractivity contribution >= 4 is 35.0 Å². The molecule has 4 amide bonds. The van der Waals surface area contributed by atoms with Crippen LogP contribution in [0.4, 0.5) is 11.4 Å². The Balaban J connectivity index is 1.88. The lowest BCUT2D eigenvalue weighted by Gasteiger charge is -2.20. The molecule has 0 aliphatic rings. The number of hydrogen-bond donors (Lipinski definition) is 4. The van der Waals surface area contributed by atoms with Gasteiger partial charge in [-0.25, -0.2) is 0 Å². The number of carbonyl (C=O) groups excluding carboxylic acids is 4. The highest BCUT2D eigenvalue weighted by Gasteiger charge is 2.17. The number of benzene rings is 3. The molecule has 8 nitrogen and oxygen atoms in total. The molecule has 0 bridgehead atoms. The van der Waals surface area contributed by atoms with Crippen LogP contribution in [-0.4, -0.2) is 23.6 Å². The topological polar surface area (TPSA) is 144 Å². The van der Waals surface area contributed by atoms with E-state index < -0.39 is 23.6 Å². The largest absolute Gasteiger partial charge is 0.366 e. The number of nitrogens with one attached hydrogen (secondary N) is 2. The van der Waals surface area contributed by atoms with Gasteiger partial charge in [-0.2, -0.15) is 0 Å². The highest BCUT2D eigenvalue weighted by atomic mass is 16.2. The Bertz CT molecular complexity index is 1260. The molecular weight excluding hydrogens is 480 g/mol. The summed E-state index contributed by atoms with van der Waals surface area (Å²) in [5.74, 6) is -2.41. The molecule has 0 spiro atoms. The maximum absolute atomic E-state index is 12.0. The SMILES string of the molecule is CCCc1ccc(C(c2ccc(NC(=O)/C=C/C(N)=O)cc2)c2ccc(NC(=O)/C=C/C(N)=O)cc2)cc1. The van der Waals surface area contributed by atoms with Gasteiger partial charge in [-0.1, -0.05) is 61.9 Å². The lowest BCUT2D eigenvalue weighted by atomic mass is 9.84. The first-order valence-corrected chi connectivity index (χ1v) is 12.1. The van der Waals surface area contributed by atoms with Gasteiger partial charge in [-0.05, 0) is 52.9 Å². The molecule has 0 fully saturated rings. The van der Waals surface area contributed by atoms with E-state index in [1.54, 1.807) is 24.3 Å². The third kappa shape index (κ3) is 8.30. The van der Waals surface area contributed by atoms with Crippen LogP contribution in [0.15, 0.2) is 97.1 Å². The van der Waals surface area contributed by atoms with Gasteiger partial charge in [0.05, 0.1) is 0 Å². The van der Waals surface area contributed by atoms with Crippen LogP contribution in [0.1, 0.15) is 41.5 Å². The van der Waals surface area contributed by atoms with Crippen LogP contribution in [0, 0.1) is 0 Å². The first kappa shape index (κ1) is 27.6. The minimum absolute atomic E-state index is 0.107. The van der Waals surface area contributed by atoms with Crippen molar-refractivity contribution < 1.29 is 19.2 Å². The molecule has 194 valence electrons. The molecule has 0 saturated carbocycles. The van der Waals surface area contributed by atoms with E-state index in [-0.39, 0.29) is 5.92 Å². The molecular formula is C30H30N4O4. The molecule has 0 aliphatic carbocycles. The number of anilines is 2. The van der Waals surface area contributed by atoms with Gasteiger partial charge in [-0.3, -0.25) is 19.2 Å². The number of amides is 4. The zero-order chi connectivity index (χ0) is 27.5. The summed E-state index contributed by atoms with van der Waals surface area (Å²) in [5, 5.41) is 5.40. The normalized spacial score (nSPS) is 11.1. The molecule has 0 aromatic heterocycles. The highest BCUT2D eigenvalue weighted by molar-refractivity contribution is 6.03. The second kappa shape index (κ2) is 13.4. The van der Waals surface area contributed by atoms with Crippen LogP contribution in [-0.2, 0) is 25.6 Å². The van der Waals surface area contributed by atoms with Crippen molar-refractivity contribution in [2.45, 2.75) is 25.7 Å². The molecule has 0 radical (unpaired) electrons. The predicted octanol–water partition coefficient (Wildman–Crippen LogP) is 3.78. The monoisotopic (exact) mass is 510 g/mol. The third-order valence-electron chi connectivity index (χ3n) is 5.67. The maximum atomic E-state index is 12.0. The maximum Gasteiger partial charge on any atom is 0.248 e. The third-order valence-corrected chi connectivity index (χ3v) is 5.67. The molecule has 38 heavy (non-hydrogen) atoms.